The number of halogens is 3. The molecule has 0 saturated heterocycles. The first-order valence-electron chi connectivity index (χ1n) is 5.08. The largest absolute Gasteiger partial charge is 0.435 e. The van der Waals surface area contributed by atoms with Crippen LogP contribution < -0.4 is 10.5 Å². The molecule has 2 aromatic rings. The first-order valence-corrected chi connectivity index (χ1v) is 5.83. The molecule has 0 spiro atoms. The lowest BCUT2D eigenvalue weighted by Gasteiger charge is -2.09. The molecule has 94 valence electrons. The number of hydrogen-bond donors (Lipinski definition) is 1. The average molecular weight is 287 g/mol. The van der Waals surface area contributed by atoms with E-state index in [-0.39, 0.29) is 18.2 Å². The molecule has 0 radical (unpaired) electrons. The maximum Gasteiger partial charge on any atom is 0.256 e. The Morgan fingerprint density at radius 1 is 1.28 bits per heavy atom. The minimum atomic E-state index is -0.601. The molecule has 0 aliphatic heterocycles. The van der Waals surface area contributed by atoms with Gasteiger partial charge >= 0.3 is 0 Å². The normalized spacial score (nSPS) is 10.4. The van der Waals surface area contributed by atoms with E-state index in [2.05, 4.69) is 4.98 Å². The van der Waals surface area contributed by atoms with Gasteiger partial charge in [0.25, 0.3) is 5.88 Å². The highest BCUT2D eigenvalue weighted by Gasteiger charge is 2.12. The molecule has 0 atom stereocenters. The van der Waals surface area contributed by atoms with Gasteiger partial charge in [0.05, 0.1) is 5.02 Å². The molecule has 1 heterocycles. The van der Waals surface area contributed by atoms with E-state index in [0.29, 0.717) is 15.6 Å². The Kier molecular flexibility index (Phi) is 4.01. The second-order valence-electron chi connectivity index (χ2n) is 3.47. The zero-order chi connectivity index (χ0) is 13.1. The fraction of sp³-hybridized carbons (Fsp3) is 0.0833. The van der Waals surface area contributed by atoms with Gasteiger partial charge < -0.3 is 10.5 Å². The van der Waals surface area contributed by atoms with Crippen LogP contribution in [0.4, 0.5) is 4.39 Å². The van der Waals surface area contributed by atoms with Gasteiger partial charge in [-0.05, 0) is 18.2 Å². The third-order valence-corrected chi connectivity index (χ3v) is 2.80. The summed E-state index contributed by atoms with van der Waals surface area (Å²) in [6.45, 7) is 0.0635. The molecule has 3 nitrogen and oxygen atoms in total. The molecule has 18 heavy (non-hydrogen) atoms. The quantitative estimate of drug-likeness (QED) is 0.934. The highest BCUT2D eigenvalue weighted by molar-refractivity contribution is 6.34. The SMILES string of the molecule is NCc1ccnc(Oc2cc(Cl)ccc2Cl)c1F. The molecule has 0 aliphatic rings. The van der Waals surface area contributed by atoms with Crippen molar-refractivity contribution in [3.63, 3.8) is 0 Å². The van der Waals surface area contributed by atoms with Crippen LogP contribution in [0, 0.1) is 5.82 Å². The standard InChI is InChI=1S/C12H9Cl2FN2O/c13-8-1-2-9(14)10(5-8)18-12-11(15)7(6-16)3-4-17-12/h1-5H,6,16H2. The van der Waals surface area contributed by atoms with Gasteiger partial charge in [-0.25, -0.2) is 9.37 Å². The molecule has 1 aromatic carbocycles. The summed E-state index contributed by atoms with van der Waals surface area (Å²) in [4.78, 5) is 3.80. The summed E-state index contributed by atoms with van der Waals surface area (Å²) in [5.41, 5.74) is 5.71. The molecule has 0 fully saturated rings. The number of hydrogen-bond acceptors (Lipinski definition) is 3. The van der Waals surface area contributed by atoms with Crippen LogP contribution in [0.2, 0.25) is 10.0 Å². The van der Waals surface area contributed by atoms with Crippen molar-refractivity contribution in [1.29, 1.82) is 0 Å². The van der Waals surface area contributed by atoms with Crippen LogP contribution in [0.3, 0.4) is 0 Å². The minimum Gasteiger partial charge on any atom is -0.435 e. The molecule has 0 unspecified atom stereocenters. The molecule has 0 saturated carbocycles. The van der Waals surface area contributed by atoms with Crippen molar-refractivity contribution in [2.24, 2.45) is 5.73 Å². The van der Waals surface area contributed by atoms with Crippen molar-refractivity contribution < 1.29 is 9.13 Å². The highest BCUT2D eigenvalue weighted by Crippen LogP contribution is 2.32. The van der Waals surface area contributed by atoms with Gasteiger partial charge in [-0.3, -0.25) is 0 Å². The van der Waals surface area contributed by atoms with Gasteiger partial charge in [-0.15, -0.1) is 0 Å². The van der Waals surface area contributed by atoms with Crippen LogP contribution in [0.5, 0.6) is 11.6 Å². The average Bonchev–Trinajstić information content (AvgIpc) is 2.36. The van der Waals surface area contributed by atoms with Crippen LogP contribution >= 0.6 is 23.2 Å². The summed E-state index contributed by atoms with van der Waals surface area (Å²) < 4.78 is 19.2. The van der Waals surface area contributed by atoms with E-state index in [4.69, 9.17) is 33.7 Å². The third kappa shape index (κ3) is 2.72. The molecule has 6 heteroatoms. The van der Waals surface area contributed by atoms with E-state index in [1.165, 1.54) is 18.3 Å². The van der Waals surface area contributed by atoms with Crippen molar-refractivity contribution in [1.82, 2.24) is 4.98 Å². The number of nitrogens with zero attached hydrogens (tertiary/aromatic N) is 1. The Morgan fingerprint density at radius 2 is 2.06 bits per heavy atom. The van der Waals surface area contributed by atoms with Crippen molar-refractivity contribution in [2.75, 3.05) is 0 Å². The summed E-state index contributed by atoms with van der Waals surface area (Å²) in [6, 6.07) is 6.14. The van der Waals surface area contributed by atoms with Gasteiger partial charge in [-0.2, -0.15) is 0 Å². The minimum absolute atomic E-state index is 0.0635. The first-order chi connectivity index (χ1) is 8.61. The van der Waals surface area contributed by atoms with Gasteiger partial charge in [0.1, 0.15) is 5.75 Å². The predicted molar refractivity (Wildman–Crippen MR) is 68.6 cm³/mol. The molecule has 0 aliphatic carbocycles. The van der Waals surface area contributed by atoms with Gasteiger partial charge in [0.15, 0.2) is 5.82 Å². The third-order valence-electron chi connectivity index (χ3n) is 2.26. The van der Waals surface area contributed by atoms with Gasteiger partial charge in [0, 0.05) is 29.4 Å². The van der Waals surface area contributed by atoms with Gasteiger partial charge in [-0.1, -0.05) is 23.2 Å². The summed E-state index contributed by atoms with van der Waals surface area (Å²) >= 11 is 11.7. The maximum atomic E-state index is 13.8. The van der Waals surface area contributed by atoms with Crippen LogP contribution in [-0.4, -0.2) is 4.98 Å². The summed E-state index contributed by atoms with van der Waals surface area (Å²) in [5.74, 6) is -0.539. The summed E-state index contributed by atoms with van der Waals surface area (Å²) in [7, 11) is 0. The fourth-order valence-electron chi connectivity index (χ4n) is 1.35. The van der Waals surface area contributed by atoms with Crippen molar-refractivity contribution in [3.8, 4) is 11.6 Å². The predicted octanol–water partition coefficient (Wildman–Crippen LogP) is 3.78. The van der Waals surface area contributed by atoms with E-state index in [1.807, 2.05) is 0 Å². The first kappa shape index (κ1) is 13.1. The lowest BCUT2D eigenvalue weighted by Crippen LogP contribution is -2.02. The smallest absolute Gasteiger partial charge is 0.256 e. The number of nitrogens with two attached hydrogens (primary N) is 1. The van der Waals surface area contributed by atoms with Gasteiger partial charge in [0.2, 0.25) is 0 Å². The lowest BCUT2D eigenvalue weighted by molar-refractivity contribution is 0.419. The number of benzene rings is 1. The summed E-state index contributed by atoms with van der Waals surface area (Å²) in [5, 5.41) is 0.753. The van der Waals surface area contributed by atoms with E-state index < -0.39 is 5.82 Å². The van der Waals surface area contributed by atoms with Crippen molar-refractivity contribution in [3.05, 3.63) is 51.9 Å². The second-order valence-corrected chi connectivity index (χ2v) is 4.31. The lowest BCUT2D eigenvalue weighted by atomic mass is 10.2. The van der Waals surface area contributed by atoms with Crippen LogP contribution in [0.1, 0.15) is 5.56 Å². The van der Waals surface area contributed by atoms with Crippen molar-refractivity contribution in [2.45, 2.75) is 6.54 Å². The molecule has 0 bridgehead atoms. The molecule has 0 amide bonds. The van der Waals surface area contributed by atoms with Crippen molar-refractivity contribution >= 4 is 23.2 Å². The van der Waals surface area contributed by atoms with E-state index in [1.54, 1.807) is 12.1 Å². The Balaban J connectivity index is 2.37. The topological polar surface area (TPSA) is 48.1 Å². The van der Waals surface area contributed by atoms with E-state index in [9.17, 15) is 4.39 Å². The number of aromatic nitrogens is 1. The Labute approximate surface area is 113 Å². The molecular weight excluding hydrogens is 278 g/mol. The Bertz CT molecular complexity index is 578. The maximum absolute atomic E-state index is 13.8. The van der Waals surface area contributed by atoms with E-state index >= 15 is 0 Å². The number of ether oxygens (including phenoxy) is 1. The van der Waals surface area contributed by atoms with E-state index in [0.717, 1.165) is 0 Å². The fourth-order valence-corrected chi connectivity index (χ4v) is 1.67. The van der Waals surface area contributed by atoms with Crippen LogP contribution in [0.15, 0.2) is 30.5 Å². The molecular formula is C12H9Cl2FN2O. The second kappa shape index (κ2) is 5.52. The number of pyridine rings is 1. The number of rotatable bonds is 3. The summed E-state index contributed by atoms with van der Waals surface area (Å²) in [6.07, 6.45) is 1.42. The van der Waals surface area contributed by atoms with Crippen LogP contribution in [-0.2, 0) is 6.54 Å². The highest BCUT2D eigenvalue weighted by atomic mass is 35.5. The zero-order valence-corrected chi connectivity index (χ0v) is 10.7. The Hall–Kier alpha value is -1.36. The molecule has 2 N–H and O–H groups in total. The molecule has 1 aromatic heterocycles. The van der Waals surface area contributed by atoms with Crippen LogP contribution in [0.25, 0.3) is 0 Å². The molecule has 2 rings (SSSR count). The monoisotopic (exact) mass is 286 g/mol. The Morgan fingerprint density at radius 3 is 2.78 bits per heavy atom. The zero-order valence-electron chi connectivity index (χ0n) is 9.16.